The number of hydrogen-bond acceptors (Lipinski definition) is 6. The van der Waals surface area contributed by atoms with Gasteiger partial charge < -0.3 is 41.7 Å². The van der Waals surface area contributed by atoms with Crippen LogP contribution in [0.4, 0.5) is 9.59 Å². The first-order valence-electron chi connectivity index (χ1n) is 7.10. The summed E-state index contributed by atoms with van der Waals surface area (Å²) in [7, 11) is 0. The van der Waals surface area contributed by atoms with Crippen LogP contribution in [0.25, 0.3) is 0 Å². The summed E-state index contributed by atoms with van der Waals surface area (Å²) < 4.78 is 9.86. The van der Waals surface area contributed by atoms with Gasteiger partial charge in [0, 0.05) is 12.3 Å². The van der Waals surface area contributed by atoms with Gasteiger partial charge in [-0.15, -0.1) is 0 Å². The molecular weight excluding hydrogens is 328 g/mol. The number of carbonyl (C=O) groups is 3. The molecule has 9 N–H and O–H groups in total. The van der Waals surface area contributed by atoms with Crippen molar-refractivity contribution in [1.29, 1.82) is 0 Å². The van der Waals surface area contributed by atoms with Gasteiger partial charge >= 0.3 is 12.3 Å². The lowest BCUT2D eigenvalue weighted by molar-refractivity contribution is -0.134. The number of nitrogens with two attached hydrogens (primary N) is 1. The molecule has 0 aromatic rings. The molecule has 0 heterocycles. The number of rotatable bonds is 4. The van der Waals surface area contributed by atoms with Gasteiger partial charge in [0.25, 0.3) is 0 Å². The maximum Gasteiger partial charge on any atom is 0.507 e. The van der Waals surface area contributed by atoms with E-state index in [4.69, 9.17) is 25.4 Å². The molecule has 0 bridgehead atoms. The molecule has 1 amide bonds. The molecule has 1 spiro atoms. The predicted molar refractivity (Wildman–Crippen MR) is 77.0 cm³/mol. The molecular formula is C13H22N2O9. The van der Waals surface area contributed by atoms with Crippen LogP contribution in [-0.2, 0) is 14.3 Å². The lowest BCUT2D eigenvalue weighted by Crippen LogP contribution is -2.57. The van der Waals surface area contributed by atoms with E-state index in [1.807, 2.05) is 0 Å². The summed E-state index contributed by atoms with van der Waals surface area (Å²) in [5.74, 6) is -1.15. The van der Waals surface area contributed by atoms with Crippen molar-refractivity contribution in [3.63, 3.8) is 0 Å². The molecule has 0 aromatic carbocycles. The Morgan fingerprint density at radius 3 is 2.17 bits per heavy atom. The highest BCUT2D eigenvalue weighted by molar-refractivity contribution is 5.82. The zero-order valence-corrected chi connectivity index (χ0v) is 12.9. The molecule has 3 aliphatic rings. The fourth-order valence-electron chi connectivity index (χ4n) is 4.00. The summed E-state index contributed by atoms with van der Waals surface area (Å²) in [5.41, 5.74) is 3.86. The van der Waals surface area contributed by atoms with Crippen LogP contribution in [0.5, 0.6) is 0 Å². The van der Waals surface area contributed by atoms with Crippen LogP contribution in [0.2, 0.25) is 0 Å². The maximum absolute atomic E-state index is 11.9. The fourth-order valence-corrected chi connectivity index (χ4v) is 4.00. The summed E-state index contributed by atoms with van der Waals surface area (Å²) in [4.78, 5) is 33.8. The van der Waals surface area contributed by atoms with Crippen molar-refractivity contribution in [2.75, 3.05) is 0 Å². The third-order valence-electron chi connectivity index (χ3n) is 4.96. The topological polar surface area (TPSA) is 211 Å². The van der Waals surface area contributed by atoms with E-state index in [9.17, 15) is 14.4 Å². The highest BCUT2D eigenvalue weighted by Crippen LogP contribution is 2.76. The van der Waals surface area contributed by atoms with Gasteiger partial charge in [-0.25, -0.2) is 9.59 Å². The quantitative estimate of drug-likeness (QED) is 0.352. The first-order chi connectivity index (χ1) is 10.2. The summed E-state index contributed by atoms with van der Waals surface area (Å²) in [6.07, 6.45) is -1.58. The molecule has 24 heavy (non-hydrogen) atoms. The molecule has 11 heteroatoms. The minimum atomic E-state index is -1.53. The number of nitrogens with one attached hydrogen (secondary N) is 1. The fraction of sp³-hybridized carbons (Fsp3) is 0.769. The average Bonchev–Trinajstić information content (AvgIpc) is 3.21. The van der Waals surface area contributed by atoms with E-state index in [1.54, 1.807) is 0 Å². The maximum atomic E-state index is 11.9. The van der Waals surface area contributed by atoms with Crippen molar-refractivity contribution in [1.82, 2.24) is 5.32 Å². The smallest absolute Gasteiger partial charge is 0.450 e. The van der Waals surface area contributed by atoms with E-state index < -0.39 is 42.0 Å². The molecule has 5 atom stereocenters. The Bertz CT molecular complexity index is 548. The zero-order chi connectivity index (χ0) is 16.3. The Morgan fingerprint density at radius 2 is 1.75 bits per heavy atom. The van der Waals surface area contributed by atoms with Crippen molar-refractivity contribution in [2.45, 2.75) is 44.1 Å². The number of hydrogen-bond donors (Lipinski definition) is 4. The Labute approximate surface area is 136 Å². The van der Waals surface area contributed by atoms with Gasteiger partial charge in [0.2, 0.25) is 5.91 Å². The van der Waals surface area contributed by atoms with E-state index in [1.165, 1.54) is 6.92 Å². The SMILES string of the molecule is C[C@H](N)C(=O)N[C@]1(OC(=O)O)CC2(CC2)[C@@H]2[C@H](OC(=O)O)[C@H]21.O.O. The molecule has 0 aromatic heterocycles. The summed E-state index contributed by atoms with van der Waals surface area (Å²) >= 11 is 0. The Balaban J connectivity index is 0.00000144. The normalized spacial score (nSPS) is 34.7. The highest BCUT2D eigenvalue weighted by Gasteiger charge is 2.82. The van der Waals surface area contributed by atoms with E-state index >= 15 is 0 Å². The average molecular weight is 350 g/mol. The third-order valence-corrected chi connectivity index (χ3v) is 4.96. The molecule has 0 unspecified atom stereocenters. The Kier molecular flexibility index (Phi) is 5.04. The van der Waals surface area contributed by atoms with Crippen molar-refractivity contribution in [3.05, 3.63) is 0 Å². The van der Waals surface area contributed by atoms with Crippen LogP contribution in [-0.4, -0.2) is 57.3 Å². The first kappa shape index (κ1) is 19.9. The minimum absolute atomic E-state index is 0. The number of ether oxygens (including phenoxy) is 2. The lowest BCUT2D eigenvalue weighted by atomic mass is 9.95. The van der Waals surface area contributed by atoms with Crippen LogP contribution in [0.3, 0.4) is 0 Å². The molecule has 3 saturated carbocycles. The van der Waals surface area contributed by atoms with E-state index in [0.717, 1.165) is 12.8 Å². The molecule has 11 nitrogen and oxygen atoms in total. The van der Waals surface area contributed by atoms with E-state index in [2.05, 4.69) is 5.32 Å². The minimum Gasteiger partial charge on any atom is -0.450 e. The van der Waals surface area contributed by atoms with Gasteiger partial charge in [0.05, 0.1) is 12.0 Å². The summed E-state index contributed by atoms with van der Waals surface area (Å²) in [5, 5.41) is 20.4. The number of amides is 1. The molecule has 3 rings (SSSR count). The van der Waals surface area contributed by atoms with Gasteiger partial charge in [-0.1, -0.05) is 0 Å². The van der Waals surface area contributed by atoms with E-state index in [-0.39, 0.29) is 22.3 Å². The summed E-state index contributed by atoms with van der Waals surface area (Å²) in [6.45, 7) is 1.47. The van der Waals surface area contributed by atoms with Gasteiger partial charge in [0.1, 0.15) is 6.10 Å². The van der Waals surface area contributed by atoms with Crippen molar-refractivity contribution < 1.29 is 45.0 Å². The third kappa shape index (κ3) is 2.97. The zero-order valence-electron chi connectivity index (χ0n) is 12.9. The van der Waals surface area contributed by atoms with Crippen LogP contribution < -0.4 is 11.1 Å². The van der Waals surface area contributed by atoms with Crippen molar-refractivity contribution in [2.24, 2.45) is 23.0 Å². The summed E-state index contributed by atoms with van der Waals surface area (Å²) in [6, 6.07) is -0.832. The molecule has 138 valence electrons. The second-order valence-corrected chi connectivity index (χ2v) is 6.47. The second kappa shape index (κ2) is 6.07. The molecule has 0 saturated heterocycles. The van der Waals surface area contributed by atoms with Gasteiger partial charge in [-0.3, -0.25) is 4.79 Å². The van der Waals surface area contributed by atoms with Crippen molar-refractivity contribution >= 4 is 18.2 Å². The van der Waals surface area contributed by atoms with Gasteiger partial charge in [-0.2, -0.15) is 0 Å². The van der Waals surface area contributed by atoms with Crippen LogP contribution in [0, 0.1) is 17.3 Å². The van der Waals surface area contributed by atoms with Crippen molar-refractivity contribution in [3.8, 4) is 0 Å². The van der Waals surface area contributed by atoms with Crippen LogP contribution in [0.15, 0.2) is 0 Å². The van der Waals surface area contributed by atoms with E-state index in [0.29, 0.717) is 6.42 Å². The molecule has 3 aliphatic carbocycles. The first-order valence-corrected chi connectivity index (χ1v) is 7.10. The largest absolute Gasteiger partial charge is 0.507 e. The number of carboxylic acid groups (broad SMARTS) is 2. The van der Waals surface area contributed by atoms with Crippen LogP contribution >= 0.6 is 0 Å². The van der Waals surface area contributed by atoms with Gasteiger partial charge in [0.15, 0.2) is 5.72 Å². The number of carbonyl (C=O) groups excluding carboxylic acids is 1. The number of fused-ring (bicyclic) bond motifs is 2. The lowest BCUT2D eigenvalue weighted by Gasteiger charge is -2.33. The molecule has 0 radical (unpaired) electrons. The van der Waals surface area contributed by atoms with Crippen LogP contribution in [0.1, 0.15) is 26.2 Å². The predicted octanol–water partition coefficient (Wildman–Crippen LogP) is -1.32. The molecule has 0 aliphatic heterocycles. The van der Waals surface area contributed by atoms with Gasteiger partial charge in [-0.05, 0) is 25.2 Å². The second-order valence-electron chi connectivity index (χ2n) is 6.47. The molecule has 3 fully saturated rings. The monoisotopic (exact) mass is 350 g/mol. The Morgan fingerprint density at radius 1 is 1.17 bits per heavy atom. The standard InChI is InChI=1S/C13H18N2O7.2H2O/c1-5(14)9(16)15-13(22-11(19)20)4-12(2-3-12)6-7(13)8(6)21-10(17)18;;/h5-8H,2-4,14H2,1H3,(H,15,16)(H,17,18)(H,19,20);2*1H2/t5-,6-,7-,8-,13-;;/m0../s1. The highest BCUT2D eigenvalue weighted by atomic mass is 16.7. The Hall–Kier alpha value is -2.11.